The fourth-order valence-electron chi connectivity index (χ4n) is 3.39. The van der Waals surface area contributed by atoms with Crippen LogP contribution in [0.3, 0.4) is 0 Å². The van der Waals surface area contributed by atoms with Crippen LogP contribution in [0.25, 0.3) is 0 Å². The molecule has 0 saturated carbocycles. The van der Waals surface area contributed by atoms with Gasteiger partial charge in [-0.2, -0.15) is 0 Å². The average Bonchev–Trinajstić information content (AvgIpc) is 2.75. The van der Waals surface area contributed by atoms with Crippen molar-refractivity contribution >= 4 is 23.2 Å². The minimum absolute atomic E-state index is 0.0492. The molecule has 2 amide bonds. The molecule has 1 heterocycles. The number of anilines is 2. The number of carbonyl (C=O) groups excluding carboxylic acids is 2. The maximum atomic E-state index is 13.2. The van der Waals surface area contributed by atoms with Gasteiger partial charge in [0.1, 0.15) is 5.82 Å². The number of likely N-dealkylation sites (N-methyl/N-ethyl adjacent to an activating group) is 1. The Labute approximate surface area is 158 Å². The van der Waals surface area contributed by atoms with Crippen molar-refractivity contribution in [2.75, 3.05) is 23.8 Å². The highest BCUT2D eigenvalue weighted by Crippen LogP contribution is 2.31. The Balaban J connectivity index is 1.80. The molecule has 0 radical (unpaired) electrons. The molecule has 142 valence electrons. The summed E-state index contributed by atoms with van der Waals surface area (Å²) in [6.45, 7) is 4.04. The fraction of sp³-hybridized carbons (Fsp3) is 0.333. The van der Waals surface area contributed by atoms with E-state index < -0.39 is 0 Å². The zero-order valence-electron chi connectivity index (χ0n) is 15.8. The lowest BCUT2D eigenvalue weighted by molar-refractivity contribution is -0.120. The van der Waals surface area contributed by atoms with Crippen LogP contribution < -0.4 is 10.2 Å². The van der Waals surface area contributed by atoms with E-state index in [0.29, 0.717) is 11.4 Å². The number of nitrogens with zero attached hydrogens (tertiary/aromatic N) is 2. The van der Waals surface area contributed by atoms with Crippen LogP contribution in [-0.4, -0.2) is 36.3 Å². The highest BCUT2D eigenvalue weighted by Gasteiger charge is 2.30. The molecule has 3 rings (SSSR count). The van der Waals surface area contributed by atoms with Gasteiger partial charge in [-0.15, -0.1) is 0 Å². The average molecular weight is 369 g/mol. The Kier molecular flexibility index (Phi) is 5.56. The Hall–Kier alpha value is -2.73. The molecule has 0 fully saturated rings. The Morgan fingerprint density at radius 3 is 2.63 bits per heavy atom. The molecule has 5 nitrogen and oxygen atoms in total. The largest absolute Gasteiger partial charge is 0.324 e. The van der Waals surface area contributed by atoms with Gasteiger partial charge in [0.25, 0.3) is 0 Å². The Bertz CT molecular complexity index is 838. The summed E-state index contributed by atoms with van der Waals surface area (Å²) in [5, 5.41) is 2.86. The van der Waals surface area contributed by atoms with Crippen molar-refractivity contribution in [1.29, 1.82) is 0 Å². The van der Waals surface area contributed by atoms with Gasteiger partial charge >= 0.3 is 0 Å². The SMILES string of the molecule is C[C@H](c1ccc(F)cc1)N(C)CC(=O)N1c2ccccc2NC(=O)C[C@H]1C. The van der Waals surface area contributed by atoms with Crippen LogP contribution >= 0.6 is 0 Å². The van der Waals surface area contributed by atoms with Gasteiger partial charge < -0.3 is 10.2 Å². The van der Waals surface area contributed by atoms with Crippen molar-refractivity contribution in [2.24, 2.45) is 0 Å². The number of hydrogen-bond acceptors (Lipinski definition) is 3. The molecule has 27 heavy (non-hydrogen) atoms. The van der Waals surface area contributed by atoms with E-state index in [0.717, 1.165) is 5.56 Å². The third kappa shape index (κ3) is 4.17. The smallest absolute Gasteiger partial charge is 0.241 e. The van der Waals surface area contributed by atoms with Gasteiger partial charge in [-0.05, 0) is 50.7 Å². The summed E-state index contributed by atoms with van der Waals surface area (Å²) in [5.41, 5.74) is 2.30. The summed E-state index contributed by atoms with van der Waals surface area (Å²) in [6.07, 6.45) is 0.248. The van der Waals surface area contributed by atoms with Gasteiger partial charge in [0.2, 0.25) is 11.8 Å². The van der Waals surface area contributed by atoms with Crippen molar-refractivity contribution < 1.29 is 14.0 Å². The number of amides is 2. The van der Waals surface area contributed by atoms with E-state index in [9.17, 15) is 14.0 Å². The molecule has 0 saturated heterocycles. The number of hydrogen-bond donors (Lipinski definition) is 1. The molecule has 1 N–H and O–H groups in total. The monoisotopic (exact) mass is 369 g/mol. The highest BCUT2D eigenvalue weighted by molar-refractivity contribution is 6.04. The highest BCUT2D eigenvalue weighted by atomic mass is 19.1. The molecular weight excluding hydrogens is 345 g/mol. The first-order chi connectivity index (χ1) is 12.9. The zero-order chi connectivity index (χ0) is 19.6. The quantitative estimate of drug-likeness (QED) is 0.896. The lowest BCUT2D eigenvalue weighted by Crippen LogP contribution is -2.44. The second kappa shape index (κ2) is 7.88. The standard InChI is InChI=1S/C21H24FN3O2/c1-14-12-20(26)23-18-6-4-5-7-19(18)25(14)21(27)13-24(3)15(2)16-8-10-17(22)11-9-16/h4-11,14-15H,12-13H2,1-3H3,(H,23,26)/t14-,15-/m1/s1. The van der Waals surface area contributed by atoms with Crippen LogP contribution in [0.5, 0.6) is 0 Å². The normalized spacial score (nSPS) is 17.9. The van der Waals surface area contributed by atoms with Crippen LogP contribution in [0.4, 0.5) is 15.8 Å². The predicted octanol–water partition coefficient (Wildman–Crippen LogP) is 3.58. The van der Waals surface area contributed by atoms with Gasteiger partial charge in [-0.3, -0.25) is 14.5 Å². The van der Waals surface area contributed by atoms with E-state index in [1.165, 1.54) is 12.1 Å². The van der Waals surface area contributed by atoms with Gasteiger partial charge in [-0.25, -0.2) is 4.39 Å². The lowest BCUT2D eigenvalue weighted by Gasteiger charge is -2.31. The summed E-state index contributed by atoms with van der Waals surface area (Å²) in [7, 11) is 1.86. The molecule has 0 aromatic heterocycles. The maximum Gasteiger partial charge on any atom is 0.241 e. The minimum atomic E-state index is -0.281. The van der Waals surface area contributed by atoms with E-state index in [1.54, 1.807) is 23.1 Å². The number of para-hydroxylation sites is 2. The van der Waals surface area contributed by atoms with Crippen molar-refractivity contribution in [1.82, 2.24) is 4.90 Å². The third-order valence-electron chi connectivity index (χ3n) is 5.03. The molecule has 0 unspecified atom stereocenters. The first-order valence-electron chi connectivity index (χ1n) is 9.03. The van der Waals surface area contributed by atoms with E-state index >= 15 is 0 Å². The van der Waals surface area contributed by atoms with Crippen molar-refractivity contribution in [3.8, 4) is 0 Å². The molecule has 1 aliphatic heterocycles. The van der Waals surface area contributed by atoms with E-state index in [4.69, 9.17) is 0 Å². The third-order valence-corrected chi connectivity index (χ3v) is 5.03. The van der Waals surface area contributed by atoms with Crippen molar-refractivity contribution in [3.63, 3.8) is 0 Å². The van der Waals surface area contributed by atoms with Gasteiger partial charge in [-0.1, -0.05) is 24.3 Å². The molecule has 2 atom stereocenters. The molecular formula is C21H24FN3O2. The van der Waals surface area contributed by atoms with Gasteiger partial charge in [0, 0.05) is 18.5 Å². The van der Waals surface area contributed by atoms with Crippen LogP contribution in [0.1, 0.15) is 31.9 Å². The van der Waals surface area contributed by atoms with Crippen LogP contribution in [0.2, 0.25) is 0 Å². The predicted molar refractivity (Wildman–Crippen MR) is 104 cm³/mol. The van der Waals surface area contributed by atoms with Crippen LogP contribution in [-0.2, 0) is 9.59 Å². The number of rotatable bonds is 4. The molecule has 0 aliphatic carbocycles. The molecule has 2 aromatic carbocycles. The fourth-order valence-corrected chi connectivity index (χ4v) is 3.39. The molecule has 2 aromatic rings. The zero-order valence-corrected chi connectivity index (χ0v) is 15.8. The topological polar surface area (TPSA) is 52.7 Å². The first kappa shape index (κ1) is 19.0. The number of fused-ring (bicyclic) bond motifs is 1. The summed E-state index contributed by atoms with van der Waals surface area (Å²) in [5.74, 6) is -0.460. The second-order valence-corrected chi connectivity index (χ2v) is 7.02. The summed E-state index contributed by atoms with van der Waals surface area (Å²) in [4.78, 5) is 28.8. The van der Waals surface area contributed by atoms with Crippen molar-refractivity contribution in [3.05, 3.63) is 59.9 Å². The minimum Gasteiger partial charge on any atom is -0.324 e. The van der Waals surface area contributed by atoms with Crippen LogP contribution in [0, 0.1) is 5.82 Å². The van der Waals surface area contributed by atoms with E-state index in [2.05, 4.69) is 5.32 Å². The summed E-state index contributed by atoms with van der Waals surface area (Å²) >= 11 is 0. The number of carbonyl (C=O) groups is 2. The molecule has 1 aliphatic rings. The van der Waals surface area contributed by atoms with Gasteiger partial charge in [0.05, 0.1) is 17.9 Å². The Morgan fingerprint density at radius 2 is 1.93 bits per heavy atom. The van der Waals surface area contributed by atoms with E-state index in [-0.39, 0.29) is 42.7 Å². The van der Waals surface area contributed by atoms with Gasteiger partial charge in [0.15, 0.2) is 0 Å². The Morgan fingerprint density at radius 1 is 1.26 bits per heavy atom. The molecule has 6 heteroatoms. The van der Waals surface area contributed by atoms with E-state index in [1.807, 2.05) is 44.0 Å². The molecule has 0 bridgehead atoms. The second-order valence-electron chi connectivity index (χ2n) is 7.02. The van der Waals surface area contributed by atoms with Crippen LogP contribution in [0.15, 0.2) is 48.5 Å². The number of halogens is 1. The van der Waals surface area contributed by atoms with Crippen molar-refractivity contribution in [2.45, 2.75) is 32.4 Å². The first-order valence-corrected chi connectivity index (χ1v) is 9.03. The summed E-state index contributed by atoms with van der Waals surface area (Å²) in [6, 6.07) is 13.4. The maximum absolute atomic E-state index is 13.2. The number of nitrogens with one attached hydrogen (secondary N) is 1. The molecule has 0 spiro atoms. The summed E-state index contributed by atoms with van der Waals surface area (Å²) < 4.78 is 13.2. The lowest BCUT2D eigenvalue weighted by atomic mass is 10.1. The number of benzene rings is 2.